The first-order valence-corrected chi connectivity index (χ1v) is 10.6. The fourth-order valence-electron chi connectivity index (χ4n) is 4.31. The van der Waals surface area contributed by atoms with Gasteiger partial charge in [0.2, 0.25) is 0 Å². The molecule has 2 aromatic rings. The van der Waals surface area contributed by atoms with Gasteiger partial charge >= 0.3 is 0 Å². The van der Waals surface area contributed by atoms with E-state index < -0.39 is 0 Å². The zero-order valence-electron chi connectivity index (χ0n) is 18.4. The summed E-state index contributed by atoms with van der Waals surface area (Å²) in [6.07, 6.45) is 1.57. The molecule has 2 aliphatic heterocycles. The molecule has 2 amide bonds. The van der Waals surface area contributed by atoms with Crippen LogP contribution >= 0.6 is 0 Å². The highest BCUT2D eigenvalue weighted by molar-refractivity contribution is 6.36. The Morgan fingerprint density at radius 3 is 2.09 bits per heavy atom. The van der Waals surface area contributed by atoms with Crippen LogP contribution in [0.4, 0.5) is 5.69 Å². The third kappa shape index (κ3) is 3.70. The molecule has 32 heavy (non-hydrogen) atoms. The van der Waals surface area contributed by atoms with Crippen LogP contribution in [0.15, 0.2) is 66.9 Å². The number of hydrogen-bond donors (Lipinski definition) is 0. The third-order valence-corrected chi connectivity index (χ3v) is 5.85. The van der Waals surface area contributed by atoms with Crippen LogP contribution in [-0.4, -0.2) is 68.6 Å². The van der Waals surface area contributed by atoms with Gasteiger partial charge in [0.15, 0.2) is 0 Å². The predicted molar refractivity (Wildman–Crippen MR) is 124 cm³/mol. The largest absolute Gasteiger partial charge is 0.496 e. The number of anilines is 1. The molecule has 0 saturated carbocycles. The van der Waals surface area contributed by atoms with E-state index in [1.165, 1.54) is 4.90 Å². The highest BCUT2D eigenvalue weighted by atomic mass is 16.5. The van der Waals surface area contributed by atoms with Crippen molar-refractivity contribution in [3.8, 4) is 11.5 Å². The molecule has 4 rings (SSSR count). The monoisotopic (exact) mass is 433 g/mol. The molecule has 0 unspecified atom stereocenters. The normalized spacial score (nSPS) is 16.6. The van der Waals surface area contributed by atoms with E-state index in [9.17, 15) is 9.59 Å². The quantitative estimate of drug-likeness (QED) is 0.494. The molecule has 7 nitrogen and oxygen atoms in total. The molecule has 166 valence electrons. The van der Waals surface area contributed by atoms with Crippen molar-refractivity contribution >= 4 is 23.1 Å². The van der Waals surface area contributed by atoms with Gasteiger partial charge in [0.05, 0.1) is 25.5 Å². The molecule has 0 aliphatic carbocycles. The topological polar surface area (TPSA) is 62.3 Å². The maximum atomic E-state index is 13.3. The molecule has 2 aliphatic rings. The summed E-state index contributed by atoms with van der Waals surface area (Å²) in [5.74, 6) is 0.775. The van der Waals surface area contributed by atoms with Crippen LogP contribution in [0.25, 0.3) is 5.57 Å². The minimum Gasteiger partial charge on any atom is -0.496 e. The molecule has 2 heterocycles. The summed E-state index contributed by atoms with van der Waals surface area (Å²) >= 11 is 0. The van der Waals surface area contributed by atoms with E-state index in [0.29, 0.717) is 48.8 Å². The van der Waals surface area contributed by atoms with E-state index in [-0.39, 0.29) is 18.4 Å². The van der Waals surface area contributed by atoms with Crippen molar-refractivity contribution < 1.29 is 19.1 Å². The summed E-state index contributed by atoms with van der Waals surface area (Å²) in [5.41, 5.74) is 2.47. The summed E-state index contributed by atoms with van der Waals surface area (Å²) in [4.78, 5) is 32.1. The molecule has 1 fully saturated rings. The van der Waals surface area contributed by atoms with Crippen molar-refractivity contribution in [2.75, 3.05) is 51.8 Å². The smallest absolute Gasteiger partial charge is 0.278 e. The molecule has 0 bridgehead atoms. The van der Waals surface area contributed by atoms with Gasteiger partial charge < -0.3 is 19.3 Å². The Balaban J connectivity index is 1.68. The SMILES string of the molecule is C=CCN1C(=O)C(c2ccccc2OC)=C(N2CCN(c3ccccc3OC)CC2)C1=O. The number of para-hydroxylation sites is 3. The fourth-order valence-corrected chi connectivity index (χ4v) is 4.31. The first-order chi connectivity index (χ1) is 15.6. The minimum atomic E-state index is -0.318. The van der Waals surface area contributed by atoms with Crippen LogP contribution in [0, 0.1) is 0 Å². The number of imide groups is 1. The number of ether oxygens (including phenoxy) is 2. The Kier molecular flexibility index (Phi) is 6.16. The summed E-state index contributed by atoms with van der Waals surface area (Å²) in [5, 5.41) is 0. The van der Waals surface area contributed by atoms with Crippen LogP contribution in [0.1, 0.15) is 5.56 Å². The Morgan fingerprint density at radius 1 is 0.844 bits per heavy atom. The van der Waals surface area contributed by atoms with Gasteiger partial charge in [-0.25, -0.2) is 0 Å². The molecule has 0 radical (unpaired) electrons. The van der Waals surface area contributed by atoms with Crippen LogP contribution < -0.4 is 14.4 Å². The Morgan fingerprint density at radius 2 is 1.44 bits per heavy atom. The van der Waals surface area contributed by atoms with Crippen molar-refractivity contribution in [3.63, 3.8) is 0 Å². The summed E-state index contributed by atoms with van der Waals surface area (Å²) < 4.78 is 11.0. The standard InChI is InChI=1S/C25H27N3O4/c1-4-13-28-24(29)22(18-9-5-7-11-20(18)31-2)23(25(28)30)27-16-14-26(15-17-27)19-10-6-8-12-21(19)32-3/h4-12H,1,13-17H2,2-3H3. The molecular weight excluding hydrogens is 406 g/mol. The molecule has 0 spiro atoms. The van der Waals surface area contributed by atoms with Crippen LogP contribution in [0.3, 0.4) is 0 Å². The molecule has 2 aromatic carbocycles. The number of hydrogen-bond acceptors (Lipinski definition) is 6. The predicted octanol–water partition coefficient (Wildman–Crippen LogP) is 2.79. The van der Waals surface area contributed by atoms with Crippen molar-refractivity contribution in [2.24, 2.45) is 0 Å². The van der Waals surface area contributed by atoms with Crippen molar-refractivity contribution in [1.82, 2.24) is 9.80 Å². The number of piperazine rings is 1. The Labute approximate surface area is 188 Å². The van der Waals surface area contributed by atoms with E-state index >= 15 is 0 Å². The molecular formula is C25H27N3O4. The van der Waals surface area contributed by atoms with Crippen molar-refractivity contribution in [3.05, 3.63) is 72.4 Å². The highest BCUT2D eigenvalue weighted by Crippen LogP contribution is 2.37. The van der Waals surface area contributed by atoms with Gasteiger partial charge in [-0.1, -0.05) is 36.4 Å². The molecule has 7 heteroatoms. The molecule has 0 atom stereocenters. The van der Waals surface area contributed by atoms with Gasteiger partial charge in [-0.15, -0.1) is 6.58 Å². The van der Waals surface area contributed by atoms with Gasteiger partial charge in [-0.05, 0) is 18.2 Å². The first-order valence-electron chi connectivity index (χ1n) is 10.6. The number of carbonyl (C=O) groups is 2. The first kappa shape index (κ1) is 21.5. The van der Waals surface area contributed by atoms with Crippen molar-refractivity contribution in [1.29, 1.82) is 0 Å². The van der Waals surface area contributed by atoms with Crippen LogP contribution in [0.5, 0.6) is 11.5 Å². The van der Waals surface area contributed by atoms with E-state index in [2.05, 4.69) is 11.5 Å². The average molecular weight is 434 g/mol. The second-order valence-corrected chi connectivity index (χ2v) is 7.58. The van der Waals surface area contributed by atoms with Gasteiger partial charge in [-0.2, -0.15) is 0 Å². The Bertz CT molecular complexity index is 1070. The van der Waals surface area contributed by atoms with Crippen LogP contribution in [-0.2, 0) is 9.59 Å². The third-order valence-electron chi connectivity index (χ3n) is 5.85. The number of amides is 2. The summed E-state index contributed by atoms with van der Waals surface area (Å²) in [6.45, 7) is 6.48. The van der Waals surface area contributed by atoms with E-state index in [1.807, 2.05) is 47.4 Å². The average Bonchev–Trinajstić information content (AvgIpc) is 3.09. The zero-order chi connectivity index (χ0) is 22.7. The van der Waals surface area contributed by atoms with E-state index in [4.69, 9.17) is 9.47 Å². The lowest BCUT2D eigenvalue weighted by Gasteiger charge is -2.38. The fraction of sp³-hybridized carbons (Fsp3) is 0.280. The van der Waals surface area contributed by atoms with E-state index in [1.54, 1.807) is 26.4 Å². The summed E-state index contributed by atoms with van der Waals surface area (Å²) in [7, 11) is 3.23. The number of nitrogens with zero attached hydrogens (tertiary/aromatic N) is 3. The number of rotatable bonds is 7. The highest BCUT2D eigenvalue weighted by Gasteiger charge is 2.42. The lowest BCUT2D eigenvalue weighted by atomic mass is 10.0. The lowest BCUT2D eigenvalue weighted by Crippen LogP contribution is -2.47. The second-order valence-electron chi connectivity index (χ2n) is 7.58. The maximum Gasteiger partial charge on any atom is 0.278 e. The number of benzene rings is 2. The van der Waals surface area contributed by atoms with Crippen molar-refractivity contribution in [2.45, 2.75) is 0 Å². The van der Waals surface area contributed by atoms with E-state index in [0.717, 1.165) is 11.4 Å². The second kappa shape index (κ2) is 9.18. The zero-order valence-corrected chi connectivity index (χ0v) is 18.4. The van der Waals surface area contributed by atoms with Gasteiger partial charge in [0.1, 0.15) is 17.2 Å². The minimum absolute atomic E-state index is 0.168. The number of carbonyl (C=O) groups excluding carboxylic acids is 2. The van der Waals surface area contributed by atoms with Gasteiger partial charge in [-0.3, -0.25) is 14.5 Å². The Hall–Kier alpha value is -3.74. The van der Waals surface area contributed by atoms with Crippen LogP contribution in [0.2, 0.25) is 0 Å². The summed E-state index contributed by atoms with van der Waals surface area (Å²) in [6, 6.07) is 15.2. The molecule has 1 saturated heterocycles. The molecule has 0 N–H and O–H groups in total. The van der Waals surface area contributed by atoms with Gasteiger partial charge in [0.25, 0.3) is 11.8 Å². The molecule has 0 aromatic heterocycles. The lowest BCUT2D eigenvalue weighted by molar-refractivity contribution is -0.136. The van der Waals surface area contributed by atoms with Gasteiger partial charge in [0, 0.05) is 38.3 Å². The maximum absolute atomic E-state index is 13.3. The number of methoxy groups -OCH3 is 2.